The van der Waals surface area contributed by atoms with Crippen molar-refractivity contribution in [2.45, 2.75) is 38.8 Å². The van der Waals surface area contributed by atoms with Crippen LogP contribution in [0.3, 0.4) is 0 Å². The maximum atomic E-state index is 5.82. The van der Waals surface area contributed by atoms with E-state index in [1.165, 1.54) is 0 Å². The Labute approximate surface area is 119 Å². The Balaban J connectivity index is 1.75. The van der Waals surface area contributed by atoms with E-state index in [4.69, 9.17) is 4.74 Å². The van der Waals surface area contributed by atoms with E-state index in [0.29, 0.717) is 18.1 Å². The number of ether oxygens (including phenoxy) is 1. The van der Waals surface area contributed by atoms with Crippen molar-refractivity contribution in [2.75, 3.05) is 11.9 Å². The van der Waals surface area contributed by atoms with Crippen molar-refractivity contribution in [2.24, 2.45) is 5.92 Å². The van der Waals surface area contributed by atoms with Crippen molar-refractivity contribution in [1.82, 2.24) is 7.96 Å². The summed E-state index contributed by atoms with van der Waals surface area (Å²) in [5.41, 5.74) is 3.22. The third-order valence-corrected chi connectivity index (χ3v) is 4.84. The summed E-state index contributed by atoms with van der Waals surface area (Å²) in [5, 5.41) is 3.64. The molecule has 1 aromatic carbocycles. The molecule has 1 saturated heterocycles. The van der Waals surface area contributed by atoms with Crippen molar-refractivity contribution in [1.29, 1.82) is 0 Å². The van der Waals surface area contributed by atoms with Gasteiger partial charge in [-0.15, -0.1) is 0 Å². The Bertz CT molecular complexity index is 554. The van der Waals surface area contributed by atoms with E-state index < -0.39 is 0 Å². The van der Waals surface area contributed by atoms with Gasteiger partial charge in [-0.2, -0.15) is 0 Å². The van der Waals surface area contributed by atoms with Gasteiger partial charge in [0.1, 0.15) is 0 Å². The first-order valence-electron chi connectivity index (χ1n) is 6.83. The Kier molecular flexibility index (Phi) is 3.87. The summed E-state index contributed by atoms with van der Waals surface area (Å²) in [6.07, 6.45) is 2.51. The fourth-order valence-electron chi connectivity index (χ4n) is 2.57. The number of hydrogen-bond acceptors (Lipinski definition) is 4. The van der Waals surface area contributed by atoms with Crippen LogP contribution in [0.5, 0.6) is 0 Å². The molecule has 0 aliphatic carbocycles. The van der Waals surface area contributed by atoms with Crippen molar-refractivity contribution < 1.29 is 4.74 Å². The molecule has 1 aromatic heterocycles. The van der Waals surface area contributed by atoms with Crippen molar-refractivity contribution >= 4 is 31.7 Å². The van der Waals surface area contributed by atoms with E-state index in [-0.39, 0.29) is 15.0 Å². The van der Waals surface area contributed by atoms with E-state index in [9.17, 15) is 0 Å². The van der Waals surface area contributed by atoms with Gasteiger partial charge in [0, 0.05) is 0 Å². The average Bonchev–Trinajstić information content (AvgIpc) is 2.88. The van der Waals surface area contributed by atoms with Gasteiger partial charge in [-0.25, -0.2) is 0 Å². The molecule has 1 aliphatic rings. The Morgan fingerprint density at radius 1 is 1.37 bits per heavy atom. The normalized spacial score (nSPS) is 23.9. The van der Waals surface area contributed by atoms with Crippen LogP contribution in [-0.2, 0) is 4.74 Å². The molecule has 0 bridgehead atoms. The second-order valence-electron chi connectivity index (χ2n) is 5.46. The molecule has 1 fully saturated rings. The summed E-state index contributed by atoms with van der Waals surface area (Å²) in [6, 6.07) is 6.69. The van der Waals surface area contributed by atoms with E-state index in [1.54, 1.807) is 0 Å². The molecule has 19 heavy (non-hydrogen) atoms. The maximum absolute atomic E-state index is 5.82. The zero-order valence-corrected chi connectivity index (χ0v) is 13.0. The minimum atomic E-state index is 0.0380. The van der Waals surface area contributed by atoms with Gasteiger partial charge in [0.05, 0.1) is 0 Å². The van der Waals surface area contributed by atoms with E-state index in [0.717, 1.165) is 36.2 Å². The molecule has 3 rings (SSSR count). The van der Waals surface area contributed by atoms with Crippen LogP contribution in [0.25, 0.3) is 11.0 Å². The summed E-state index contributed by atoms with van der Waals surface area (Å²) in [4.78, 5) is 0. The first kappa shape index (κ1) is 13.1. The predicted octanol–water partition coefficient (Wildman–Crippen LogP) is 2.30. The molecule has 0 spiro atoms. The monoisotopic (exact) mass is 325 g/mol. The summed E-state index contributed by atoms with van der Waals surface area (Å²) >= 11 is 0.0380. The number of nitrogens with one attached hydrogen (secondary N) is 1. The van der Waals surface area contributed by atoms with Crippen LogP contribution in [0.15, 0.2) is 18.2 Å². The zero-order valence-electron chi connectivity index (χ0n) is 11.3. The standard InChI is InChI=1S/C14H19N3OSe/c1-9(2)13-8-10(6-7-18-13)15-11-4-3-5-12-14(11)17-19-16-12/h3-5,9-10,13,15H,6-8H2,1-2H3. The van der Waals surface area contributed by atoms with Crippen LogP contribution < -0.4 is 5.32 Å². The van der Waals surface area contributed by atoms with Gasteiger partial charge >= 0.3 is 119 Å². The van der Waals surface area contributed by atoms with E-state index in [2.05, 4.69) is 39.3 Å². The number of anilines is 1. The molecule has 0 saturated carbocycles. The summed E-state index contributed by atoms with van der Waals surface area (Å²) in [7, 11) is 0. The van der Waals surface area contributed by atoms with Crippen molar-refractivity contribution in [3.05, 3.63) is 18.2 Å². The minimum absolute atomic E-state index is 0.0380. The van der Waals surface area contributed by atoms with Gasteiger partial charge < -0.3 is 0 Å². The first-order chi connectivity index (χ1) is 9.24. The zero-order chi connectivity index (χ0) is 13.2. The fraction of sp³-hybridized carbons (Fsp3) is 0.571. The van der Waals surface area contributed by atoms with Gasteiger partial charge in [0.2, 0.25) is 0 Å². The van der Waals surface area contributed by atoms with Gasteiger partial charge in [-0.3, -0.25) is 0 Å². The van der Waals surface area contributed by atoms with Crippen LogP contribution >= 0.6 is 0 Å². The second kappa shape index (κ2) is 5.61. The van der Waals surface area contributed by atoms with E-state index >= 15 is 0 Å². The quantitative estimate of drug-likeness (QED) is 0.880. The summed E-state index contributed by atoms with van der Waals surface area (Å²) in [5.74, 6) is 0.578. The molecule has 4 nitrogen and oxygen atoms in total. The van der Waals surface area contributed by atoms with Gasteiger partial charge in [0.15, 0.2) is 0 Å². The first-order valence-corrected chi connectivity index (χ1v) is 8.36. The fourth-order valence-corrected chi connectivity index (χ4v) is 3.72. The third kappa shape index (κ3) is 2.83. The second-order valence-corrected chi connectivity index (χ2v) is 6.57. The van der Waals surface area contributed by atoms with Crippen molar-refractivity contribution in [3.63, 3.8) is 0 Å². The topological polar surface area (TPSA) is 47.0 Å². The Morgan fingerprint density at radius 3 is 3.11 bits per heavy atom. The number of aromatic nitrogens is 2. The molecule has 1 N–H and O–H groups in total. The molecular formula is C14H19N3OSe. The number of hydrogen-bond donors (Lipinski definition) is 1. The number of benzene rings is 1. The Morgan fingerprint density at radius 2 is 2.26 bits per heavy atom. The average molecular weight is 324 g/mol. The third-order valence-electron chi connectivity index (χ3n) is 3.70. The Hall–Kier alpha value is -0.901. The van der Waals surface area contributed by atoms with Gasteiger partial charge in [-0.1, -0.05) is 0 Å². The van der Waals surface area contributed by atoms with Crippen LogP contribution in [0.4, 0.5) is 5.69 Å². The van der Waals surface area contributed by atoms with Crippen LogP contribution in [0.1, 0.15) is 26.7 Å². The molecule has 2 aromatic rings. The SMILES string of the molecule is CC(C)C1CC(Nc2cccc3n[se]nc23)CCO1. The van der Waals surface area contributed by atoms with Crippen LogP contribution in [-0.4, -0.2) is 41.7 Å². The molecule has 5 heteroatoms. The van der Waals surface area contributed by atoms with Crippen LogP contribution in [0, 0.1) is 5.92 Å². The number of fused-ring (bicyclic) bond motifs is 1. The van der Waals surface area contributed by atoms with Gasteiger partial charge in [0.25, 0.3) is 0 Å². The molecule has 102 valence electrons. The predicted molar refractivity (Wildman–Crippen MR) is 77.7 cm³/mol. The van der Waals surface area contributed by atoms with Crippen molar-refractivity contribution in [3.8, 4) is 0 Å². The molecule has 2 atom stereocenters. The number of nitrogens with zero attached hydrogens (tertiary/aromatic N) is 2. The summed E-state index contributed by atoms with van der Waals surface area (Å²) in [6.45, 7) is 5.30. The van der Waals surface area contributed by atoms with Gasteiger partial charge in [-0.05, 0) is 0 Å². The molecule has 2 unspecified atom stereocenters. The molecule has 0 radical (unpaired) electrons. The molecule has 1 aliphatic heterocycles. The summed E-state index contributed by atoms with van der Waals surface area (Å²) < 4.78 is 14.8. The molecular weight excluding hydrogens is 305 g/mol. The molecule has 0 amide bonds. The van der Waals surface area contributed by atoms with Crippen LogP contribution in [0.2, 0.25) is 0 Å². The number of rotatable bonds is 3. The molecule has 2 heterocycles. The van der Waals surface area contributed by atoms with E-state index in [1.807, 2.05) is 6.07 Å².